The molecule has 0 radical (unpaired) electrons. The van der Waals surface area contributed by atoms with E-state index in [4.69, 9.17) is 4.74 Å². The van der Waals surface area contributed by atoms with Crippen LogP contribution < -0.4 is 0 Å². The minimum absolute atomic E-state index is 0.0148. The molecule has 0 aliphatic heterocycles. The molecule has 2 atom stereocenters. The topological polar surface area (TPSA) is 9.23 Å². The molecule has 0 fully saturated rings. The molecule has 0 saturated heterocycles. The highest BCUT2D eigenvalue weighted by Crippen LogP contribution is 2.25. The molecule has 0 saturated carbocycles. The average molecular weight is 393 g/mol. The summed E-state index contributed by atoms with van der Waals surface area (Å²) in [5, 5.41) is 0. The van der Waals surface area contributed by atoms with Crippen molar-refractivity contribution in [1.29, 1.82) is 0 Å². The molecule has 2 unspecified atom stereocenters. The number of rotatable bonds is 12. The monoisotopic (exact) mass is 392 g/mol. The first-order chi connectivity index (χ1) is 13.2. The van der Waals surface area contributed by atoms with E-state index in [1.54, 1.807) is 19.1 Å². The predicted octanol–water partition coefficient (Wildman–Crippen LogP) is 7.55. The first-order valence-corrected chi connectivity index (χ1v) is 9.68. The SMILES string of the molecule is C=Cc1ccc(CCC(C)CCC(C)C(=C)/C=C(/F)C(=C)OCC)c(F)c1F. The number of halogens is 3. The van der Waals surface area contributed by atoms with Crippen LogP contribution in [-0.4, -0.2) is 6.61 Å². The highest BCUT2D eigenvalue weighted by atomic mass is 19.2. The van der Waals surface area contributed by atoms with Crippen LogP contribution in [0.15, 0.2) is 55.1 Å². The zero-order chi connectivity index (χ0) is 21.3. The fourth-order valence-corrected chi connectivity index (χ4v) is 2.85. The van der Waals surface area contributed by atoms with Gasteiger partial charge in [0, 0.05) is 5.56 Å². The molecule has 1 aromatic rings. The Morgan fingerprint density at radius 1 is 1.11 bits per heavy atom. The van der Waals surface area contributed by atoms with Crippen LogP contribution in [0.3, 0.4) is 0 Å². The van der Waals surface area contributed by atoms with Crippen molar-refractivity contribution in [3.8, 4) is 0 Å². The summed E-state index contributed by atoms with van der Waals surface area (Å²) in [7, 11) is 0. The van der Waals surface area contributed by atoms with Crippen molar-refractivity contribution in [3.63, 3.8) is 0 Å². The Balaban J connectivity index is 2.52. The number of benzene rings is 1. The summed E-state index contributed by atoms with van der Waals surface area (Å²) >= 11 is 0. The van der Waals surface area contributed by atoms with E-state index in [0.717, 1.165) is 19.3 Å². The van der Waals surface area contributed by atoms with Crippen molar-refractivity contribution >= 4 is 6.08 Å². The van der Waals surface area contributed by atoms with Crippen LogP contribution in [0.5, 0.6) is 0 Å². The lowest BCUT2D eigenvalue weighted by atomic mass is 9.89. The lowest BCUT2D eigenvalue weighted by Crippen LogP contribution is -2.05. The molecule has 0 N–H and O–H groups in total. The number of hydrogen-bond acceptors (Lipinski definition) is 1. The van der Waals surface area contributed by atoms with E-state index in [9.17, 15) is 13.2 Å². The van der Waals surface area contributed by atoms with E-state index >= 15 is 0 Å². The van der Waals surface area contributed by atoms with Gasteiger partial charge in [-0.2, -0.15) is 0 Å². The third-order valence-corrected chi connectivity index (χ3v) is 4.94. The standard InChI is InChI=1S/C24H31F3O/c1-7-20-13-14-21(24(27)23(20)26)12-10-16(3)9-11-17(4)18(5)15-22(25)19(6)28-8-2/h7,13-17H,1,5-6,8-12H2,2-4H3/b22-15+. The van der Waals surface area contributed by atoms with Crippen LogP contribution in [0.1, 0.15) is 51.2 Å². The van der Waals surface area contributed by atoms with Crippen molar-refractivity contribution < 1.29 is 17.9 Å². The molecular formula is C24H31F3O. The third kappa shape index (κ3) is 7.06. The minimum atomic E-state index is -0.840. The van der Waals surface area contributed by atoms with Gasteiger partial charge >= 0.3 is 0 Å². The zero-order valence-electron chi connectivity index (χ0n) is 17.2. The Bertz CT molecular complexity index is 734. The van der Waals surface area contributed by atoms with E-state index in [1.165, 1.54) is 12.2 Å². The van der Waals surface area contributed by atoms with Gasteiger partial charge in [-0.3, -0.25) is 0 Å². The van der Waals surface area contributed by atoms with Crippen LogP contribution in [0.2, 0.25) is 0 Å². The first kappa shape index (κ1) is 23.8. The van der Waals surface area contributed by atoms with Gasteiger partial charge in [0.2, 0.25) is 0 Å². The molecular weight excluding hydrogens is 361 g/mol. The second kappa shape index (κ2) is 11.6. The van der Waals surface area contributed by atoms with E-state index in [2.05, 4.69) is 26.7 Å². The molecule has 0 aromatic heterocycles. The Kier molecular flexibility index (Phi) is 9.84. The maximum Gasteiger partial charge on any atom is 0.166 e. The fraction of sp³-hybridized carbons (Fsp3) is 0.417. The van der Waals surface area contributed by atoms with Gasteiger partial charge in [-0.1, -0.05) is 58.2 Å². The quantitative estimate of drug-likeness (QED) is 0.263. The van der Waals surface area contributed by atoms with Crippen LogP contribution in [0, 0.1) is 23.5 Å². The Morgan fingerprint density at radius 2 is 1.79 bits per heavy atom. The van der Waals surface area contributed by atoms with Crippen molar-refractivity contribution in [2.45, 2.75) is 46.5 Å². The molecule has 0 aliphatic carbocycles. The van der Waals surface area contributed by atoms with Crippen LogP contribution >= 0.6 is 0 Å². The third-order valence-electron chi connectivity index (χ3n) is 4.94. The number of allylic oxidation sites excluding steroid dienone is 3. The minimum Gasteiger partial charge on any atom is -0.491 e. The molecule has 0 bridgehead atoms. The summed E-state index contributed by atoms with van der Waals surface area (Å²) in [6.07, 6.45) is 5.61. The molecule has 154 valence electrons. The maximum absolute atomic E-state index is 14.1. The Labute approximate surface area is 167 Å². The van der Waals surface area contributed by atoms with Gasteiger partial charge in [0.15, 0.2) is 17.5 Å². The molecule has 0 amide bonds. The second-order valence-electron chi connectivity index (χ2n) is 7.19. The lowest BCUT2D eigenvalue weighted by molar-refractivity contribution is 0.226. The van der Waals surface area contributed by atoms with Crippen molar-refractivity contribution in [2.75, 3.05) is 6.61 Å². The summed E-state index contributed by atoms with van der Waals surface area (Å²) in [5.74, 6) is -1.70. The number of aryl methyl sites for hydroxylation is 1. The van der Waals surface area contributed by atoms with E-state index in [1.807, 2.05) is 6.92 Å². The van der Waals surface area contributed by atoms with Gasteiger partial charge in [-0.25, -0.2) is 13.2 Å². The molecule has 1 aromatic carbocycles. The second-order valence-corrected chi connectivity index (χ2v) is 7.19. The summed E-state index contributed by atoms with van der Waals surface area (Å²) in [4.78, 5) is 0. The van der Waals surface area contributed by atoms with Gasteiger partial charge < -0.3 is 4.74 Å². The highest BCUT2D eigenvalue weighted by molar-refractivity contribution is 5.48. The van der Waals surface area contributed by atoms with Gasteiger partial charge in [0.05, 0.1) is 6.61 Å². The predicted molar refractivity (Wildman–Crippen MR) is 111 cm³/mol. The highest BCUT2D eigenvalue weighted by Gasteiger charge is 2.14. The number of hydrogen-bond donors (Lipinski definition) is 0. The average Bonchev–Trinajstić information content (AvgIpc) is 2.67. The Hall–Kier alpha value is -2.23. The molecule has 28 heavy (non-hydrogen) atoms. The van der Waals surface area contributed by atoms with Crippen molar-refractivity contribution in [2.24, 2.45) is 11.8 Å². The van der Waals surface area contributed by atoms with Gasteiger partial charge in [-0.15, -0.1) is 0 Å². The van der Waals surface area contributed by atoms with E-state index < -0.39 is 17.5 Å². The van der Waals surface area contributed by atoms with Crippen LogP contribution in [0.4, 0.5) is 13.2 Å². The summed E-state index contributed by atoms with van der Waals surface area (Å²) in [6.45, 7) is 17.1. The molecule has 4 heteroatoms. The Morgan fingerprint density at radius 3 is 2.39 bits per heavy atom. The molecule has 0 spiro atoms. The molecule has 1 nitrogen and oxygen atoms in total. The van der Waals surface area contributed by atoms with E-state index in [-0.39, 0.29) is 17.2 Å². The smallest absolute Gasteiger partial charge is 0.166 e. The van der Waals surface area contributed by atoms with Crippen molar-refractivity contribution in [1.82, 2.24) is 0 Å². The van der Waals surface area contributed by atoms with Crippen molar-refractivity contribution in [3.05, 3.63) is 77.9 Å². The van der Waals surface area contributed by atoms with Gasteiger partial charge in [0.1, 0.15) is 5.76 Å². The fourth-order valence-electron chi connectivity index (χ4n) is 2.85. The molecule has 0 aliphatic rings. The summed E-state index contributed by atoms with van der Waals surface area (Å²) < 4.78 is 46.9. The van der Waals surface area contributed by atoms with Gasteiger partial charge in [-0.05, 0) is 55.2 Å². The lowest BCUT2D eigenvalue weighted by Gasteiger charge is -2.17. The first-order valence-electron chi connectivity index (χ1n) is 9.68. The maximum atomic E-state index is 14.1. The summed E-state index contributed by atoms with van der Waals surface area (Å²) in [6, 6.07) is 3.17. The normalized spacial score (nSPS) is 13.7. The van der Waals surface area contributed by atoms with E-state index in [0.29, 0.717) is 30.1 Å². The van der Waals surface area contributed by atoms with Crippen LogP contribution in [-0.2, 0) is 11.2 Å². The van der Waals surface area contributed by atoms with Gasteiger partial charge in [0.25, 0.3) is 0 Å². The number of ether oxygens (including phenoxy) is 1. The molecule has 0 heterocycles. The molecule has 1 rings (SSSR count). The largest absolute Gasteiger partial charge is 0.491 e. The van der Waals surface area contributed by atoms with Crippen LogP contribution in [0.25, 0.3) is 6.08 Å². The zero-order valence-corrected chi connectivity index (χ0v) is 17.2. The summed E-state index contributed by atoms with van der Waals surface area (Å²) in [5.41, 5.74) is 1.24.